The Kier molecular flexibility index (Phi) is 3.13. The number of carbonyl (C=O) groups is 2. The zero-order valence-corrected chi connectivity index (χ0v) is 13.9. The van der Waals surface area contributed by atoms with E-state index in [0.717, 1.165) is 0 Å². The first-order valence-corrected chi connectivity index (χ1v) is 8.93. The highest BCUT2D eigenvalue weighted by molar-refractivity contribution is 7.13. The van der Waals surface area contributed by atoms with Crippen molar-refractivity contribution in [3.8, 4) is 0 Å². The van der Waals surface area contributed by atoms with Crippen molar-refractivity contribution in [3.63, 3.8) is 0 Å². The molecule has 25 heavy (non-hydrogen) atoms. The topological polar surface area (TPSA) is 84.7 Å². The van der Waals surface area contributed by atoms with Crippen molar-refractivity contribution in [2.75, 3.05) is 11.9 Å². The van der Waals surface area contributed by atoms with Gasteiger partial charge in [0.05, 0.1) is 37.3 Å². The largest absolute Gasteiger partial charge is 0.467 e. The first-order valence-electron chi connectivity index (χ1n) is 8.05. The lowest BCUT2D eigenvalue weighted by Crippen LogP contribution is -2.41. The summed E-state index contributed by atoms with van der Waals surface area (Å²) in [6.07, 6.45) is 6.69. The fourth-order valence-electron chi connectivity index (χ4n) is 4.08. The van der Waals surface area contributed by atoms with E-state index in [0.29, 0.717) is 24.0 Å². The molecule has 2 amide bonds. The molecule has 1 N–H and O–H groups in total. The van der Waals surface area contributed by atoms with Crippen LogP contribution in [-0.2, 0) is 20.9 Å². The molecule has 2 bridgehead atoms. The number of hydrogen-bond donors (Lipinski definition) is 1. The molecule has 3 aliphatic rings. The molecule has 8 heteroatoms. The SMILES string of the molecule is O=C(Nc1nccs1)[C@@H]1[C@H]2C(=O)N(Cc3ccco3)C[C@@]23C=C[C@H]1O3. The first kappa shape index (κ1) is 14.9. The second-order valence-electron chi connectivity index (χ2n) is 6.50. The normalized spacial score (nSPS) is 32.4. The van der Waals surface area contributed by atoms with Crippen LogP contribution in [0, 0.1) is 11.8 Å². The number of likely N-dealkylation sites (tertiary alicyclic amines) is 1. The number of furan rings is 1. The third-order valence-electron chi connectivity index (χ3n) is 5.07. The molecule has 2 aromatic heterocycles. The number of aromatic nitrogens is 1. The molecule has 128 valence electrons. The van der Waals surface area contributed by atoms with Crippen LogP contribution in [0.1, 0.15) is 5.76 Å². The summed E-state index contributed by atoms with van der Waals surface area (Å²) >= 11 is 1.35. The Morgan fingerprint density at radius 3 is 3.20 bits per heavy atom. The number of ether oxygens (including phenoxy) is 1. The monoisotopic (exact) mass is 357 g/mol. The van der Waals surface area contributed by atoms with Crippen LogP contribution in [0.4, 0.5) is 5.13 Å². The second-order valence-corrected chi connectivity index (χ2v) is 7.39. The quantitative estimate of drug-likeness (QED) is 0.841. The van der Waals surface area contributed by atoms with E-state index in [1.165, 1.54) is 11.3 Å². The molecule has 0 radical (unpaired) electrons. The fourth-order valence-corrected chi connectivity index (χ4v) is 4.61. The molecule has 0 aromatic carbocycles. The Labute approximate surface area is 147 Å². The summed E-state index contributed by atoms with van der Waals surface area (Å²) < 4.78 is 11.4. The van der Waals surface area contributed by atoms with E-state index in [1.54, 1.807) is 28.8 Å². The van der Waals surface area contributed by atoms with Crippen molar-refractivity contribution in [3.05, 3.63) is 47.9 Å². The lowest BCUT2D eigenvalue weighted by molar-refractivity contribution is -0.136. The van der Waals surface area contributed by atoms with E-state index in [1.807, 2.05) is 18.2 Å². The third kappa shape index (κ3) is 2.17. The molecular formula is C17H15N3O4S. The molecule has 2 aromatic rings. The van der Waals surface area contributed by atoms with Crippen molar-refractivity contribution in [1.29, 1.82) is 0 Å². The van der Waals surface area contributed by atoms with Gasteiger partial charge in [-0.05, 0) is 12.1 Å². The number of nitrogens with zero attached hydrogens (tertiary/aromatic N) is 2. The Morgan fingerprint density at radius 2 is 2.44 bits per heavy atom. The summed E-state index contributed by atoms with van der Waals surface area (Å²) in [6.45, 7) is 0.817. The molecule has 0 unspecified atom stereocenters. The minimum Gasteiger partial charge on any atom is -0.467 e. The number of rotatable bonds is 4. The van der Waals surface area contributed by atoms with Gasteiger partial charge in [-0.2, -0.15) is 0 Å². The second kappa shape index (κ2) is 5.27. The van der Waals surface area contributed by atoms with E-state index in [4.69, 9.17) is 9.15 Å². The minimum absolute atomic E-state index is 0.0671. The number of fused-ring (bicyclic) bond motifs is 1. The van der Waals surface area contributed by atoms with E-state index >= 15 is 0 Å². The predicted molar refractivity (Wildman–Crippen MR) is 88.6 cm³/mol. The number of thiazole rings is 1. The van der Waals surface area contributed by atoms with Gasteiger partial charge in [0, 0.05) is 11.6 Å². The van der Waals surface area contributed by atoms with Gasteiger partial charge in [-0.15, -0.1) is 11.3 Å². The summed E-state index contributed by atoms with van der Waals surface area (Å²) in [5.74, 6) is -0.612. The number of anilines is 1. The molecule has 7 nitrogen and oxygen atoms in total. The van der Waals surface area contributed by atoms with Crippen molar-refractivity contribution in [2.24, 2.45) is 11.8 Å². The maximum atomic E-state index is 13.0. The van der Waals surface area contributed by atoms with Gasteiger partial charge in [-0.1, -0.05) is 12.2 Å². The van der Waals surface area contributed by atoms with Crippen LogP contribution in [0.5, 0.6) is 0 Å². The Hall–Kier alpha value is -2.45. The zero-order chi connectivity index (χ0) is 17.0. The van der Waals surface area contributed by atoms with Gasteiger partial charge in [0.2, 0.25) is 11.8 Å². The van der Waals surface area contributed by atoms with Crippen LogP contribution < -0.4 is 5.32 Å². The third-order valence-corrected chi connectivity index (χ3v) is 5.76. The van der Waals surface area contributed by atoms with Crippen molar-refractivity contribution in [1.82, 2.24) is 9.88 Å². The minimum atomic E-state index is -0.709. The highest BCUT2D eigenvalue weighted by Crippen LogP contribution is 2.52. The summed E-state index contributed by atoms with van der Waals surface area (Å²) in [7, 11) is 0. The average Bonchev–Trinajstić information content (AvgIpc) is 3.37. The van der Waals surface area contributed by atoms with E-state index in [-0.39, 0.29) is 17.9 Å². The van der Waals surface area contributed by atoms with Crippen LogP contribution in [0.15, 0.2) is 46.5 Å². The van der Waals surface area contributed by atoms with Crippen molar-refractivity contribution in [2.45, 2.75) is 18.2 Å². The summed E-state index contributed by atoms with van der Waals surface area (Å²) in [6, 6.07) is 3.63. The van der Waals surface area contributed by atoms with Crippen LogP contribution >= 0.6 is 11.3 Å². The average molecular weight is 357 g/mol. The molecule has 4 atom stereocenters. The van der Waals surface area contributed by atoms with E-state index < -0.39 is 17.4 Å². The van der Waals surface area contributed by atoms with Crippen LogP contribution in [0.3, 0.4) is 0 Å². The summed E-state index contributed by atoms with van der Waals surface area (Å²) in [5, 5.41) is 5.13. The summed E-state index contributed by atoms with van der Waals surface area (Å²) in [4.78, 5) is 31.5. The van der Waals surface area contributed by atoms with Gasteiger partial charge in [0.1, 0.15) is 11.4 Å². The number of carbonyl (C=O) groups excluding carboxylic acids is 2. The Balaban J connectivity index is 1.41. The van der Waals surface area contributed by atoms with Gasteiger partial charge < -0.3 is 19.4 Å². The van der Waals surface area contributed by atoms with Crippen LogP contribution in [0.25, 0.3) is 0 Å². The molecule has 2 saturated heterocycles. The Bertz CT molecular complexity index is 847. The van der Waals surface area contributed by atoms with Crippen molar-refractivity contribution < 1.29 is 18.7 Å². The molecular weight excluding hydrogens is 342 g/mol. The lowest BCUT2D eigenvalue weighted by Gasteiger charge is -2.23. The molecule has 2 fully saturated rings. The van der Waals surface area contributed by atoms with Crippen LogP contribution in [0.2, 0.25) is 0 Å². The van der Waals surface area contributed by atoms with Gasteiger partial charge in [-0.3, -0.25) is 9.59 Å². The van der Waals surface area contributed by atoms with E-state index in [9.17, 15) is 9.59 Å². The maximum Gasteiger partial charge on any atom is 0.233 e. The van der Waals surface area contributed by atoms with Gasteiger partial charge in [-0.25, -0.2) is 4.98 Å². The molecule has 3 aliphatic heterocycles. The summed E-state index contributed by atoms with van der Waals surface area (Å²) in [5.41, 5.74) is -0.709. The predicted octanol–water partition coefficient (Wildman–Crippen LogP) is 1.66. The standard InChI is InChI=1S/C17H15N3O4S/c21-14(19-16-18-5-7-25-16)12-11-3-4-17(24-11)9-20(15(22)13(12)17)8-10-2-1-6-23-10/h1-7,11-13H,8-9H2,(H,18,19,21)/t11-,12+,13+,17+/m1/s1. The van der Waals surface area contributed by atoms with Crippen molar-refractivity contribution >= 4 is 28.3 Å². The lowest BCUT2D eigenvalue weighted by atomic mass is 9.77. The molecule has 0 aliphatic carbocycles. The molecule has 5 rings (SSSR count). The fraction of sp³-hybridized carbons (Fsp3) is 0.353. The Morgan fingerprint density at radius 1 is 1.52 bits per heavy atom. The highest BCUT2D eigenvalue weighted by Gasteiger charge is 2.66. The highest BCUT2D eigenvalue weighted by atomic mass is 32.1. The molecule has 1 spiro atoms. The smallest absolute Gasteiger partial charge is 0.233 e. The van der Waals surface area contributed by atoms with Crippen LogP contribution in [-0.4, -0.2) is 39.9 Å². The first-order chi connectivity index (χ1) is 12.2. The van der Waals surface area contributed by atoms with Gasteiger partial charge in [0.25, 0.3) is 0 Å². The van der Waals surface area contributed by atoms with Gasteiger partial charge in [0.15, 0.2) is 5.13 Å². The zero-order valence-electron chi connectivity index (χ0n) is 13.1. The van der Waals surface area contributed by atoms with E-state index in [2.05, 4.69) is 10.3 Å². The maximum absolute atomic E-state index is 13.0. The molecule has 5 heterocycles. The number of nitrogens with one attached hydrogen (secondary N) is 1. The van der Waals surface area contributed by atoms with Gasteiger partial charge >= 0.3 is 0 Å². The number of amides is 2. The number of hydrogen-bond acceptors (Lipinski definition) is 6. The molecule has 0 saturated carbocycles.